The predicted molar refractivity (Wildman–Crippen MR) is 101 cm³/mol. The highest BCUT2D eigenvalue weighted by Gasteiger charge is 1.91. The van der Waals surface area contributed by atoms with Gasteiger partial charge in [0.1, 0.15) is 0 Å². The smallest absolute Gasteiger partial charge is 0.403 e. The summed E-state index contributed by atoms with van der Waals surface area (Å²) in [6, 6.07) is 0. The molecule has 0 saturated heterocycles. The number of methoxy groups -OCH3 is 1. The van der Waals surface area contributed by atoms with Crippen molar-refractivity contribution in [2.45, 2.75) is 40.0 Å². The zero-order valence-electron chi connectivity index (χ0n) is 15.0. The molecule has 0 spiro atoms. The minimum absolute atomic E-state index is 0.350. The summed E-state index contributed by atoms with van der Waals surface area (Å²) in [4.78, 5) is 38.6. The van der Waals surface area contributed by atoms with Gasteiger partial charge >= 0.3 is 21.7 Å². The Balaban J connectivity index is -0.000000126. The fourth-order valence-electron chi connectivity index (χ4n) is 0.593. The van der Waals surface area contributed by atoms with E-state index in [1.54, 1.807) is 6.92 Å². The minimum Gasteiger partial charge on any atom is -0.457 e. The van der Waals surface area contributed by atoms with Crippen LogP contribution < -0.4 is 0 Å². The number of carbonyl (C=O) groups excluding carboxylic acids is 4. The highest BCUT2D eigenvalue weighted by molar-refractivity contribution is 6.61. The van der Waals surface area contributed by atoms with E-state index in [1.807, 2.05) is 13.8 Å². The van der Waals surface area contributed by atoms with Crippen LogP contribution in [0, 0.1) is 0 Å². The van der Waals surface area contributed by atoms with Gasteiger partial charge in [-0.3, -0.25) is 0 Å². The van der Waals surface area contributed by atoms with Crippen LogP contribution in [0.2, 0.25) is 0 Å². The standard InChI is InChI=1S/C5H9ClO2.C4H7ClO2.C3H5ClO2.C2H3ClO2/c1-2-3-4-8-5(6)7;1-2-3-7-4(5)6;1-2-6-3(4)5;1-5-2(3)4/h2-4H2,1H3;2-3H2,1H3;2H2,1H3;1H3. The van der Waals surface area contributed by atoms with E-state index in [2.05, 4.69) is 30.5 Å². The first-order valence-electron chi connectivity index (χ1n) is 7.28. The van der Waals surface area contributed by atoms with Gasteiger partial charge in [-0.25, -0.2) is 19.2 Å². The van der Waals surface area contributed by atoms with Crippen molar-refractivity contribution in [3.8, 4) is 0 Å². The Bertz CT molecular complexity index is 367. The van der Waals surface area contributed by atoms with E-state index >= 15 is 0 Å². The van der Waals surface area contributed by atoms with Crippen molar-refractivity contribution in [2.24, 2.45) is 0 Å². The van der Waals surface area contributed by atoms with Gasteiger partial charge in [0.15, 0.2) is 0 Å². The van der Waals surface area contributed by atoms with Gasteiger partial charge in [0.2, 0.25) is 0 Å². The van der Waals surface area contributed by atoms with Crippen molar-refractivity contribution in [1.82, 2.24) is 0 Å². The summed E-state index contributed by atoms with van der Waals surface area (Å²) in [5.74, 6) is 0. The fourth-order valence-corrected chi connectivity index (χ4v) is 0.856. The fraction of sp³-hybridized carbons (Fsp3) is 0.714. The van der Waals surface area contributed by atoms with Crippen molar-refractivity contribution in [3.05, 3.63) is 0 Å². The van der Waals surface area contributed by atoms with Gasteiger partial charge in [-0.2, -0.15) is 0 Å². The summed E-state index contributed by atoms with van der Waals surface area (Å²) in [6.07, 6.45) is 2.72. The molecule has 0 amide bonds. The van der Waals surface area contributed by atoms with Crippen LogP contribution in [0.15, 0.2) is 0 Å². The molecule has 12 heteroatoms. The third-order valence-electron chi connectivity index (χ3n) is 1.55. The lowest BCUT2D eigenvalue weighted by molar-refractivity contribution is 0.171. The first kappa shape index (κ1) is 32.7. The van der Waals surface area contributed by atoms with Crippen LogP contribution in [0.25, 0.3) is 0 Å². The maximum atomic E-state index is 9.86. The maximum absolute atomic E-state index is 9.86. The van der Waals surface area contributed by atoms with Crippen LogP contribution in [0.1, 0.15) is 40.0 Å². The van der Waals surface area contributed by atoms with Crippen molar-refractivity contribution < 1.29 is 38.1 Å². The first-order chi connectivity index (χ1) is 12.1. The number of hydrogen-bond acceptors (Lipinski definition) is 8. The number of halogens is 4. The molecule has 0 fully saturated rings. The molecule has 0 aromatic heterocycles. The van der Waals surface area contributed by atoms with Crippen LogP contribution in [0.3, 0.4) is 0 Å². The van der Waals surface area contributed by atoms with Crippen molar-refractivity contribution in [2.75, 3.05) is 26.9 Å². The summed E-state index contributed by atoms with van der Waals surface area (Å²) < 4.78 is 16.8. The summed E-state index contributed by atoms with van der Waals surface area (Å²) in [7, 11) is 1.22. The molecular weight excluding hydrogens is 438 g/mol. The minimum atomic E-state index is -0.773. The topological polar surface area (TPSA) is 105 Å². The average Bonchev–Trinajstić information content (AvgIpc) is 2.54. The second-order valence-corrected chi connectivity index (χ2v) is 4.87. The van der Waals surface area contributed by atoms with E-state index in [1.165, 1.54) is 7.11 Å². The SMILES string of the molecule is CCCCOC(=O)Cl.CCCOC(=O)Cl.CCOC(=O)Cl.COC(=O)Cl. The monoisotopic (exact) mass is 460 g/mol. The summed E-state index contributed by atoms with van der Waals surface area (Å²) >= 11 is 19.0. The summed E-state index contributed by atoms with van der Waals surface area (Å²) in [5.41, 5.74) is -2.94. The maximum Gasteiger partial charge on any atom is 0.403 e. The Morgan fingerprint density at radius 3 is 1.19 bits per heavy atom. The van der Waals surface area contributed by atoms with E-state index in [0.29, 0.717) is 19.8 Å². The van der Waals surface area contributed by atoms with Gasteiger partial charge in [0, 0.05) is 46.4 Å². The zero-order chi connectivity index (χ0) is 21.4. The second kappa shape index (κ2) is 28.8. The molecule has 0 aliphatic rings. The Hall–Kier alpha value is -0.960. The van der Waals surface area contributed by atoms with Gasteiger partial charge in [0.05, 0.1) is 26.9 Å². The molecule has 0 radical (unpaired) electrons. The number of rotatable bonds is 6. The Kier molecular flexibility index (Phi) is 36.2. The molecule has 0 unspecified atom stereocenters. The molecule has 26 heavy (non-hydrogen) atoms. The second-order valence-electron chi connectivity index (χ2n) is 3.64. The van der Waals surface area contributed by atoms with E-state index < -0.39 is 21.7 Å². The lowest BCUT2D eigenvalue weighted by Crippen LogP contribution is -1.94. The molecule has 156 valence electrons. The van der Waals surface area contributed by atoms with Gasteiger partial charge in [-0.1, -0.05) is 20.3 Å². The molecular formula is C14H24Cl4O8. The predicted octanol–water partition coefficient (Wildman–Crippen LogP) is 6.31. The van der Waals surface area contributed by atoms with E-state index in [4.69, 9.17) is 34.8 Å². The van der Waals surface area contributed by atoms with Crippen LogP contribution in [0.4, 0.5) is 19.2 Å². The average molecular weight is 462 g/mol. The molecule has 0 saturated carbocycles. The van der Waals surface area contributed by atoms with E-state index in [0.717, 1.165) is 19.3 Å². The number of ether oxygens (including phenoxy) is 4. The quantitative estimate of drug-likeness (QED) is 0.257. The number of hydrogen-bond donors (Lipinski definition) is 0. The molecule has 0 rings (SSSR count). The molecule has 0 heterocycles. The normalized spacial score (nSPS) is 8.00. The molecule has 0 aromatic rings. The van der Waals surface area contributed by atoms with Crippen LogP contribution >= 0.6 is 46.4 Å². The van der Waals surface area contributed by atoms with Gasteiger partial charge in [0.25, 0.3) is 0 Å². The van der Waals surface area contributed by atoms with Crippen LogP contribution in [-0.4, -0.2) is 48.6 Å². The number of carbonyl (C=O) groups is 4. The van der Waals surface area contributed by atoms with Crippen molar-refractivity contribution >= 4 is 68.1 Å². The van der Waals surface area contributed by atoms with Crippen molar-refractivity contribution in [3.63, 3.8) is 0 Å². The molecule has 0 aromatic carbocycles. The van der Waals surface area contributed by atoms with Crippen molar-refractivity contribution in [1.29, 1.82) is 0 Å². The zero-order valence-corrected chi connectivity index (χ0v) is 18.0. The van der Waals surface area contributed by atoms with E-state index in [9.17, 15) is 19.2 Å². The Morgan fingerprint density at radius 2 is 1.04 bits per heavy atom. The Labute approximate surface area is 173 Å². The lowest BCUT2D eigenvalue weighted by atomic mass is 10.4. The van der Waals surface area contributed by atoms with Gasteiger partial charge < -0.3 is 18.9 Å². The van der Waals surface area contributed by atoms with Crippen LogP contribution in [0.5, 0.6) is 0 Å². The molecule has 8 nitrogen and oxygen atoms in total. The molecule has 0 bridgehead atoms. The highest BCUT2D eigenvalue weighted by Crippen LogP contribution is 1.91. The number of unbranched alkanes of at least 4 members (excludes halogenated alkanes) is 1. The lowest BCUT2D eigenvalue weighted by Gasteiger charge is -1.94. The first-order valence-corrected chi connectivity index (χ1v) is 8.80. The molecule has 0 N–H and O–H groups in total. The Morgan fingerprint density at radius 1 is 0.654 bits per heavy atom. The van der Waals surface area contributed by atoms with Gasteiger partial charge in [-0.15, -0.1) is 0 Å². The summed E-state index contributed by atoms with van der Waals surface area (Å²) in [5, 5.41) is 0. The largest absolute Gasteiger partial charge is 0.457 e. The molecule has 0 aliphatic carbocycles. The van der Waals surface area contributed by atoms with Crippen LogP contribution in [-0.2, 0) is 18.9 Å². The molecule has 0 aliphatic heterocycles. The van der Waals surface area contributed by atoms with Gasteiger partial charge in [-0.05, 0) is 19.8 Å². The third-order valence-corrected chi connectivity index (χ3v) is 2.03. The third kappa shape index (κ3) is 65.8. The van der Waals surface area contributed by atoms with E-state index in [-0.39, 0.29) is 0 Å². The highest BCUT2D eigenvalue weighted by atomic mass is 35.5. The summed E-state index contributed by atoms with van der Waals surface area (Å²) in [6.45, 7) is 6.83. The molecule has 0 atom stereocenters.